The molecule has 10 heteroatoms. The predicted molar refractivity (Wildman–Crippen MR) is 86.4 cm³/mol. The van der Waals surface area contributed by atoms with Gasteiger partial charge in [-0.15, -0.1) is 0 Å². The Hall–Kier alpha value is -3.17. The van der Waals surface area contributed by atoms with Gasteiger partial charge in [-0.2, -0.15) is 13.2 Å². The number of nitrogens with one attached hydrogen (secondary N) is 2. The van der Waals surface area contributed by atoms with Crippen LogP contribution in [0.15, 0.2) is 42.6 Å². The molecule has 2 aromatic rings. The molecular formula is C17H15F4N3O3. The summed E-state index contributed by atoms with van der Waals surface area (Å²) >= 11 is 0. The van der Waals surface area contributed by atoms with Gasteiger partial charge in [0.05, 0.1) is 6.54 Å². The highest BCUT2D eigenvalue weighted by Gasteiger charge is 2.28. The number of rotatable bonds is 7. The molecule has 0 aliphatic heterocycles. The Bertz CT molecular complexity index is 795. The second kappa shape index (κ2) is 8.97. The maximum Gasteiger partial charge on any atom is 0.422 e. The summed E-state index contributed by atoms with van der Waals surface area (Å²) in [5, 5.41) is 4.85. The third-order valence-electron chi connectivity index (χ3n) is 3.17. The van der Waals surface area contributed by atoms with E-state index >= 15 is 0 Å². The summed E-state index contributed by atoms with van der Waals surface area (Å²) in [6, 6.07) is 7.71. The Morgan fingerprint density at radius 2 is 1.89 bits per heavy atom. The van der Waals surface area contributed by atoms with Crippen LogP contribution in [0.1, 0.15) is 15.9 Å². The first-order valence-corrected chi connectivity index (χ1v) is 7.68. The number of carbonyl (C=O) groups excluding carboxylic acids is 2. The molecule has 6 nitrogen and oxygen atoms in total. The van der Waals surface area contributed by atoms with E-state index in [1.807, 2.05) is 0 Å². The highest BCUT2D eigenvalue weighted by Crippen LogP contribution is 2.17. The molecule has 2 N–H and O–H groups in total. The number of carbonyl (C=O) groups is 2. The number of hydrogen-bond donors (Lipinski definition) is 2. The fraction of sp³-hybridized carbons (Fsp3) is 0.235. The first kappa shape index (κ1) is 20.1. The number of benzene rings is 1. The number of pyridine rings is 1. The van der Waals surface area contributed by atoms with E-state index in [9.17, 15) is 27.2 Å². The zero-order valence-electron chi connectivity index (χ0n) is 13.8. The molecule has 27 heavy (non-hydrogen) atoms. The molecule has 2 rings (SSSR count). The molecule has 0 fully saturated rings. The van der Waals surface area contributed by atoms with Crippen molar-refractivity contribution in [2.24, 2.45) is 0 Å². The van der Waals surface area contributed by atoms with Crippen molar-refractivity contribution in [3.63, 3.8) is 0 Å². The Balaban J connectivity index is 1.74. The predicted octanol–water partition coefficient (Wildman–Crippen LogP) is 2.21. The van der Waals surface area contributed by atoms with Crippen molar-refractivity contribution in [2.75, 3.05) is 13.2 Å². The number of alkyl halides is 3. The van der Waals surface area contributed by atoms with Gasteiger partial charge in [-0.1, -0.05) is 12.1 Å². The molecule has 144 valence electrons. The monoisotopic (exact) mass is 385 g/mol. The highest BCUT2D eigenvalue weighted by atomic mass is 19.4. The van der Waals surface area contributed by atoms with Gasteiger partial charge in [0.2, 0.25) is 11.8 Å². The molecule has 0 saturated carbocycles. The van der Waals surface area contributed by atoms with Crippen LogP contribution in [0.4, 0.5) is 17.6 Å². The van der Waals surface area contributed by atoms with E-state index in [0.717, 1.165) is 6.07 Å². The SMILES string of the molecule is O=C(CNC(=O)c1cccc(F)c1)NCc1ccc(OCC(F)(F)F)nc1. The van der Waals surface area contributed by atoms with Gasteiger partial charge in [0.15, 0.2) is 6.61 Å². The molecule has 0 bridgehead atoms. The van der Waals surface area contributed by atoms with Crippen molar-refractivity contribution < 1.29 is 31.9 Å². The van der Waals surface area contributed by atoms with Gasteiger partial charge in [-0.05, 0) is 23.8 Å². The largest absolute Gasteiger partial charge is 0.468 e. The minimum Gasteiger partial charge on any atom is -0.468 e. The van der Waals surface area contributed by atoms with Gasteiger partial charge in [0, 0.05) is 24.4 Å². The summed E-state index contributed by atoms with van der Waals surface area (Å²) < 4.78 is 53.6. The van der Waals surface area contributed by atoms with Gasteiger partial charge in [-0.25, -0.2) is 9.37 Å². The highest BCUT2D eigenvalue weighted by molar-refractivity contribution is 5.96. The third kappa shape index (κ3) is 7.30. The molecule has 1 aromatic carbocycles. The molecule has 1 heterocycles. The lowest BCUT2D eigenvalue weighted by molar-refractivity contribution is -0.154. The zero-order valence-corrected chi connectivity index (χ0v) is 13.8. The molecule has 2 amide bonds. The normalized spacial score (nSPS) is 11.0. The van der Waals surface area contributed by atoms with Crippen LogP contribution in [0.3, 0.4) is 0 Å². The molecule has 0 radical (unpaired) electrons. The van der Waals surface area contributed by atoms with Crippen LogP contribution in [0, 0.1) is 5.82 Å². The van der Waals surface area contributed by atoms with Crippen LogP contribution in [0.5, 0.6) is 5.88 Å². The van der Waals surface area contributed by atoms with Crippen molar-refractivity contribution in [1.82, 2.24) is 15.6 Å². The summed E-state index contributed by atoms with van der Waals surface area (Å²) in [6.45, 7) is -1.71. The number of aromatic nitrogens is 1. The number of nitrogens with zero attached hydrogens (tertiary/aromatic N) is 1. The van der Waals surface area contributed by atoms with E-state index in [1.165, 1.54) is 36.5 Å². The lowest BCUT2D eigenvalue weighted by atomic mass is 10.2. The van der Waals surface area contributed by atoms with E-state index < -0.39 is 30.4 Å². The fourth-order valence-corrected chi connectivity index (χ4v) is 1.91. The second-order valence-electron chi connectivity index (χ2n) is 5.38. The van der Waals surface area contributed by atoms with Crippen molar-refractivity contribution in [1.29, 1.82) is 0 Å². The molecule has 0 aliphatic rings. The van der Waals surface area contributed by atoms with Crippen molar-refractivity contribution in [3.8, 4) is 5.88 Å². The van der Waals surface area contributed by atoms with Crippen LogP contribution in [0.25, 0.3) is 0 Å². The summed E-state index contributed by atoms with van der Waals surface area (Å²) in [7, 11) is 0. The van der Waals surface area contributed by atoms with E-state index in [1.54, 1.807) is 0 Å². The standard InChI is InChI=1S/C17H15F4N3O3/c18-13-3-1-2-12(6-13)16(26)24-9-14(25)22-7-11-4-5-15(23-8-11)27-10-17(19,20)21/h1-6,8H,7,9-10H2,(H,22,25)(H,24,26). The van der Waals surface area contributed by atoms with Crippen LogP contribution in [-0.2, 0) is 11.3 Å². The maximum atomic E-state index is 13.0. The van der Waals surface area contributed by atoms with E-state index in [4.69, 9.17) is 0 Å². The van der Waals surface area contributed by atoms with Crippen LogP contribution >= 0.6 is 0 Å². The lowest BCUT2D eigenvalue weighted by Crippen LogP contribution is -2.36. The molecular weight excluding hydrogens is 370 g/mol. The van der Waals surface area contributed by atoms with Crippen molar-refractivity contribution in [2.45, 2.75) is 12.7 Å². The summed E-state index contributed by atoms with van der Waals surface area (Å²) in [4.78, 5) is 27.2. The van der Waals surface area contributed by atoms with Crippen LogP contribution in [-0.4, -0.2) is 36.1 Å². The summed E-state index contributed by atoms with van der Waals surface area (Å²) in [5.41, 5.74) is 0.612. The molecule has 0 atom stereocenters. The Labute approximate surface area is 151 Å². The van der Waals surface area contributed by atoms with Crippen molar-refractivity contribution >= 4 is 11.8 Å². The second-order valence-corrected chi connectivity index (χ2v) is 5.38. The molecule has 0 spiro atoms. The van der Waals surface area contributed by atoms with Crippen LogP contribution in [0.2, 0.25) is 0 Å². The minimum atomic E-state index is -4.45. The number of hydrogen-bond acceptors (Lipinski definition) is 4. The van der Waals surface area contributed by atoms with E-state index in [0.29, 0.717) is 5.56 Å². The first-order valence-electron chi connectivity index (χ1n) is 7.68. The average Bonchev–Trinajstić information content (AvgIpc) is 2.63. The van der Waals surface area contributed by atoms with E-state index in [2.05, 4.69) is 20.4 Å². The molecule has 0 aliphatic carbocycles. The minimum absolute atomic E-state index is 0.0568. The fourth-order valence-electron chi connectivity index (χ4n) is 1.91. The summed E-state index contributed by atoms with van der Waals surface area (Å²) in [6.07, 6.45) is -3.19. The topological polar surface area (TPSA) is 80.3 Å². The maximum absolute atomic E-state index is 13.0. The Morgan fingerprint density at radius 3 is 2.52 bits per heavy atom. The van der Waals surface area contributed by atoms with E-state index in [-0.39, 0.29) is 24.5 Å². The molecule has 1 aromatic heterocycles. The molecule has 0 unspecified atom stereocenters. The third-order valence-corrected chi connectivity index (χ3v) is 3.17. The first-order chi connectivity index (χ1) is 12.7. The molecule has 0 saturated heterocycles. The van der Waals surface area contributed by atoms with Gasteiger partial charge < -0.3 is 15.4 Å². The van der Waals surface area contributed by atoms with Gasteiger partial charge in [0.25, 0.3) is 5.91 Å². The Morgan fingerprint density at radius 1 is 1.11 bits per heavy atom. The smallest absolute Gasteiger partial charge is 0.422 e. The summed E-state index contributed by atoms with van der Waals surface area (Å²) in [5.74, 6) is -1.86. The number of halogens is 4. The van der Waals surface area contributed by atoms with Gasteiger partial charge in [-0.3, -0.25) is 9.59 Å². The Kier molecular flexibility index (Phi) is 6.69. The van der Waals surface area contributed by atoms with Crippen molar-refractivity contribution in [3.05, 3.63) is 59.5 Å². The average molecular weight is 385 g/mol. The quantitative estimate of drug-likeness (QED) is 0.717. The van der Waals surface area contributed by atoms with Gasteiger partial charge >= 0.3 is 6.18 Å². The van der Waals surface area contributed by atoms with Gasteiger partial charge in [0.1, 0.15) is 5.82 Å². The zero-order chi connectivity index (χ0) is 19.9. The van der Waals surface area contributed by atoms with Crippen LogP contribution < -0.4 is 15.4 Å². The lowest BCUT2D eigenvalue weighted by Gasteiger charge is -2.09. The number of ether oxygens (including phenoxy) is 1. The number of amides is 2.